The number of benzene rings is 1. The van der Waals surface area contributed by atoms with Crippen LogP contribution in [0.1, 0.15) is 6.92 Å². The number of ether oxygens (including phenoxy) is 1. The maximum atomic E-state index is 5.59. The van der Waals surface area contributed by atoms with Crippen LogP contribution in [0.25, 0.3) is 0 Å². The molecular weight excluding hydrogens is 395 g/mol. The summed E-state index contributed by atoms with van der Waals surface area (Å²) in [4.78, 5) is 4.12. The van der Waals surface area contributed by atoms with Crippen molar-refractivity contribution in [3.8, 4) is 5.75 Å². The highest BCUT2D eigenvalue weighted by Crippen LogP contribution is 2.15. The molecule has 0 aliphatic rings. The van der Waals surface area contributed by atoms with Crippen LogP contribution in [0.3, 0.4) is 0 Å². The smallest absolute Gasteiger partial charge is 0.209 e. The lowest BCUT2D eigenvalue weighted by atomic mass is 10.3. The van der Waals surface area contributed by atoms with E-state index >= 15 is 0 Å². The van der Waals surface area contributed by atoms with E-state index in [0.717, 1.165) is 9.32 Å². The van der Waals surface area contributed by atoms with Crippen molar-refractivity contribution in [3.05, 3.63) is 27.8 Å². The Morgan fingerprint density at radius 2 is 2.10 bits per heavy atom. The quantitative estimate of drug-likeness (QED) is 0.244. The lowest BCUT2D eigenvalue weighted by molar-refractivity contribution is 0.296. The second-order valence-corrected chi connectivity index (χ2v) is 5.03. The third-order valence-electron chi connectivity index (χ3n) is 1.95. The van der Waals surface area contributed by atoms with E-state index in [1.54, 1.807) is 0 Å². The molecule has 20 heavy (non-hydrogen) atoms. The summed E-state index contributed by atoms with van der Waals surface area (Å²) in [6, 6.07) is 7.63. The first kappa shape index (κ1) is 18.6. The van der Waals surface area contributed by atoms with Crippen molar-refractivity contribution in [1.29, 1.82) is 0 Å². The molecule has 0 saturated heterocycles. The van der Waals surface area contributed by atoms with Gasteiger partial charge in [0.2, 0.25) is 11.9 Å². The predicted octanol–water partition coefficient (Wildman–Crippen LogP) is 0.573. The van der Waals surface area contributed by atoms with Crippen LogP contribution in [-0.2, 0) is 0 Å². The molecule has 1 aromatic rings. The van der Waals surface area contributed by atoms with Gasteiger partial charge in [0.1, 0.15) is 12.4 Å². The van der Waals surface area contributed by atoms with Crippen molar-refractivity contribution < 1.29 is 4.74 Å². The minimum Gasteiger partial charge on any atom is -0.491 e. The molecule has 1 unspecified atom stereocenters. The highest BCUT2D eigenvalue weighted by atomic mass is 127. The SMILES string of the molecule is CC(COc1cccc(I)c1)N=C(N)NN=C(N)N.Cl. The summed E-state index contributed by atoms with van der Waals surface area (Å²) >= 11 is 2.22. The molecule has 7 nitrogen and oxygen atoms in total. The zero-order valence-corrected chi connectivity index (χ0v) is 13.9. The average molecular weight is 413 g/mol. The van der Waals surface area contributed by atoms with E-state index < -0.39 is 0 Å². The Morgan fingerprint density at radius 1 is 1.40 bits per heavy atom. The Morgan fingerprint density at radius 3 is 2.70 bits per heavy atom. The summed E-state index contributed by atoms with van der Waals surface area (Å²) in [5.41, 5.74) is 18.3. The van der Waals surface area contributed by atoms with Crippen LogP contribution < -0.4 is 27.4 Å². The number of nitrogens with two attached hydrogens (primary N) is 3. The number of aliphatic imine (C=N–C) groups is 1. The first-order valence-corrected chi connectivity index (χ1v) is 6.61. The van der Waals surface area contributed by atoms with Crippen molar-refractivity contribution in [1.82, 2.24) is 5.43 Å². The van der Waals surface area contributed by atoms with Gasteiger partial charge in [-0.2, -0.15) is 0 Å². The van der Waals surface area contributed by atoms with Gasteiger partial charge in [-0.3, -0.25) is 0 Å². The molecule has 7 N–H and O–H groups in total. The van der Waals surface area contributed by atoms with Crippen LogP contribution >= 0.6 is 35.0 Å². The summed E-state index contributed by atoms with van der Waals surface area (Å²) in [5, 5.41) is 3.53. The molecule has 0 aromatic heterocycles. The second-order valence-electron chi connectivity index (χ2n) is 3.78. The fraction of sp³-hybridized carbons (Fsp3) is 0.273. The molecule has 0 aliphatic carbocycles. The van der Waals surface area contributed by atoms with Gasteiger partial charge in [-0.05, 0) is 47.7 Å². The van der Waals surface area contributed by atoms with Gasteiger partial charge in [-0.1, -0.05) is 6.07 Å². The van der Waals surface area contributed by atoms with Gasteiger partial charge in [-0.25, -0.2) is 10.4 Å². The second kappa shape index (κ2) is 9.48. The summed E-state index contributed by atoms with van der Waals surface area (Å²) < 4.78 is 6.71. The van der Waals surface area contributed by atoms with Gasteiger partial charge in [0.05, 0.1) is 6.04 Å². The molecule has 1 atom stereocenters. The molecule has 0 bridgehead atoms. The van der Waals surface area contributed by atoms with Crippen molar-refractivity contribution in [2.75, 3.05) is 6.61 Å². The molecule has 1 rings (SSSR count). The van der Waals surface area contributed by atoms with Crippen molar-refractivity contribution >= 4 is 46.9 Å². The number of rotatable bonds is 5. The van der Waals surface area contributed by atoms with Gasteiger partial charge in [0.15, 0.2) is 0 Å². The van der Waals surface area contributed by atoms with Gasteiger partial charge < -0.3 is 21.9 Å². The van der Waals surface area contributed by atoms with Gasteiger partial charge in [0, 0.05) is 3.57 Å². The number of hydrogen-bond acceptors (Lipinski definition) is 3. The van der Waals surface area contributed by atoms with Crippen LogP contribution in [0.15, 0.2) is 34.4 Å². The maximum absolute atomic E-state index is 5.59. The van der Waals surface area contributed by atoms with Crippen molar-refractivity contribution in [3.63, 3.8) is 0 Å². The van der Waals surface area contributed by atoms with Crippen molar-refractivity contribution in [2.45, 2.75) is 13.0 Å². The Balaban J connectivity index is 0.00000361. The fourth-order valence-electron chi connectivity index (χ4n) is 1.20. The topological polar surface area (TPSA) is 124 Å². The molecule has 0 amide bonds. The molecule has 0 radical (unpaired) electrons. The van der Waals surface area contributed by atoms with Crippen LogP contribution in [-0.4, -0.2) is 24.6 Å². The predicted molar refractivity (Wildman–Crippen MR) is 91.9 cm³/mol. The number of halogens is 2. The molecule has 0 aliphatic heterocycles. The van der Waals surface area contributed by atoms with Crippen LogP contribution in [0.5, 0.6) is 5.75 Å². The molecule has 1 aromatic carbocycles. The molecule has 0 fully saturated rings. The number of nitrogens with one attached hydrogen (secondary N) is 1. The highest BCUT2D eigenvalue weighted by Gasteiger charge is 2.02. The lowest BCUT2D eigenvalue weighted by Gasteiger charge is -2.10. The third kappa shape index (κ3) is 7.89. The first-order valence-electron chi connectivity index (χ1n) is 5.53. The molecule has 112 valence electrons. The van der Waals surface area contributed by atoms with Crippen LogP contribution in [0.2, 0.25) is 0 Å². The number of hydrazone groups is 1. The summed E-state index contributed by atoms with van der Waals surface area (Å²) in [5.74, 6) is 0.817. The summed E-state index contributed by atoms with van der Waals surface area (Å²) in [6.45, 7) is 2.28. The normalized spacial score (nSPS) is 12.0. The minimum absolute atomic E-state index is 0. The lowest BCUT2D eigenvalue weighted by Crippen LogP contribution is -2.34. The van der Waals surface area contributed by atoms with E-state index in [9.17, 15) is 0 Å². The third-order valence-corrected chi connectivity index (χ3v) is 2.62. The molecule has 0 heterocycles. The van der Waals surface area contributed by atoms with Crippen LogP contribution in [0.4, 0.5) is 0 Å². The minimum atomic E-state index is -0.125. The summed E-state index contributed by atoms with van der Waals surface area (Å²) in [7, 11) is 0. The molecular formula is C11H18ClIN6O. The Hall–Kier alpha value is -1.42. The fourth-order valence-corrected chi connectivity index (χ4v) is 1.71. The molecule has 0 spiro atoms. The standard InChI is InChI=1S/C11H17IN6O.ClH/c1-7(16-11(15)18-17-10(13)14)6-19-9-4-2-3-8(12)5-9;/h2-5,7H,6H2,1H3,(H4,13,14,17)(H3,15,16,18);1H. The molecule has 0 saturated carbocycles. The number of nitrogens with zero attached hydrogens (tertiary/aromatic N) is 2. The Bertz CT molecular complexity index is 478. The van der Waals surface area contributed by atoms with E-state index in [0.29, 0.717) is 6.61 Å². The van der Waals surface area contributed by atoms with E-state index in [2.05, 4.69) is 38.1 Å². The van der Waals surface area contributed by atoms with Gasteiger partial charge in [-0.15, -0.1) is 17.5 Å². The number of hydrogen-bond donors (Lipinski definition) is 4. The van der Waals surface area contributed by atoms with E-state index in [1.165, 1.54) is 0 Å². The molecule has 9 heteroatoms. The van der Waals surface area contributed by atoms with Crippen molar-refractivity contribution in [2.24, 2.45) is 27.3 Å². The van der Waals surface area contributed by atoms with Gasteiger partial charge >= 0.3 is 0 Å². The zero-order valence-electron chi connectivity index (χ0n) is 10.9. The van der Waals surface area contributed by atoms with Crippen LogP contribution in [0, 0.1) is 3.57 Å². The maximum Gasteiger partial charge on any atom is 0.209 e. The Kier molecular flexibility index (Phi) is 8.81. The zero-order chi connectivity index (χ0) is 14.3. The monoisotopic (exact) mass is 412 g/mol. The Labute approximate surface area is 137 Å². The van der Waals surface area contributed by atoms with Gasteiger partial charge in [0.25, 0.3) is 0 Å². The largest absolute Gasteiger partial charge is 0.491 e. The van der Waals surface area contributed by atoms with E-state index in [-0.39, 0.29) is 30.4 Å². The highest BCUT2D eigenvalue weighted by molar-refractivity contribution is 14.1. The summed E-state index contributed by atoms with van der Waals surface area (Å²) in [6.07, 6.45) is 0. The van der Waals surface area contributed by atoms with E-state index in [1.807, 2.05) is 31.2 Å². The number of guanidine groups is 2. The van der Waals surface area contributed by atoms with E-state index in [4.69, 9.17) is 21.9 Å². The first-order chi connectivity index (χ1) is 8.97. The average Bonchev–Trinajstić information content (AvgIpc) is 2.34.